The molecular formula is C13H18N2O5S. The number of amides is 1. The number of esters is 1. The van der Waals surface area contributed by atoms with Crippen molar-refractivity contribution in [2.24, 2.45) is 0 Å². The fourth-order valence-electron chi connectivity index (χ4n) is 1.59. The zero-order chi connectivity index (χ0) is 16.2. The third-order valence-corrected chi connectivity index (χ3v) is 3.11. The zero-order valence-corrected chi connectivity index (χ0v) is 13.1. The molecule has 0 aliphatic carbocycles. The van der Waals surface area contributed by atoms with Gasteiger partial charge >= 0.3 is 5.97 Å². The second-order valence-electron chi connectivity index (χ2n) is 4.70. The average Bonchev–Trinajstić information content (AvgIpc) is 2.36. The molecule has 1 amide bonds. The van der Waals surface area contributed by atoms with Crippen LogP contribution in [0.2, 0.25) is 0 Å². The zero-order valence-electron chi connectivity index (χ0n) is 12.3. The van der Waals surface area contributed by atoms with Gasteiger partial charge in [0, 0.05) is 14.1 Å². The van der Waals surface area contributed by atoms with E-state index in [-0.39, 0.29) is 17.2 Å². The number of benzene rings is 1. The summed E-state index contributed by atoms with van der Waals surface area (Å²) in [6, 6.07) is 6.01. The predicted octanol–water partition coefficient (Wildman–Crippen LogP) is 0.692. The summed E-state index contributed by atoms with van der Waals surface area (Å²) < 4.78 is 29.8. The molecule has 0 fully saturated rings. The Kier molecular flexibility index (Phi) is 5.31. The number of nitrogens with one attached hydrogen (secondary N) is 1. The van der Waals surface area contributed by atoms with Gasteiger partial charge in [-0.3, -0.25) is 9.52 Å². The van der Waals surface area contributed by atoms with Gasteiger partial charge in [-0.25, -0.2) is 13.2 Å². The van der Waals surface area contributed by atoms with Gasteiger partial charge in [0.15, 0.2) is 6.10 Å². The molecule has 1 aromatic carbocycles. The predicted molar refractivity (Wildman–Crippen MR) is 78.5 cm³/mol. The van der Waals surface area contributed by atoms with Gasteiger partial charge in [-0.1, -0.05) is 12.1 Å². The SMILES string of the molecule is C[C@H](OC(=O)c1ccccc1NS(C)(=O)=O)C(=O)N(C)C. The molecule has 1 N–H and O–H groups in total. The van der Waals surface area contributed by atoms with Crippen LogP contribution in [0.15, 0.2) is 24.3 Å². The Morgan fingerprint density at radius 1 is 1.24 bits per heavy atom. The smallest absolute Gasteiger partial charge is 0.341 e. The Labute approximate surface area is 123 Å². The topological polar surface area (TPSA) is 92.8 Å². The number of likely N-dealkylation sites (N-methyl/N-ethyl adjacent to an activating group) is 1. The lowest BCUT2D eigenvalue weighted by Gasteiger charge is -2.18. The van der Waals surface area contributed by atoms with Gasteiger partial charge in [-0.05, 0) is 19.1 Å². The highest BCUT2D eigenvalue weighted by Gasteiger charge is 2.22. The maximum Gasteiger partial charge on any atom is 0.341 e. The quantitative estimate of drug-likeness (QED) is 0.807. The molecule has 0 saturated carbocycles. The van der Waals surface area contributed by atoms with Crippen molar-refractivity contribution in [1.29, 1.82) is 0 Å². The number of rotatable bonds is 5. The Bertz CT molecular complexity index is 640. The van der Waals surface area contributed by atoms with Crippen LogP contribution in [0.1, 0.15) is 17.3 Å². The lowest BCUT2D eigenvalue weighted by molar-refractivity contribution is -0.137. The third-order valence-electron chi connectivity index (χ3n) is 2.51. The summed E-state index contributed by atoms with van der Waals surface area (Å²) in [5.41, 5.74) is 0.149. The lowest BCUT2D eigenvalue weighted by atomic mass is 10.2. The van der Waals surface area contributed by atoms with Crippen molar-refractivity contribution in [2.75, 3.05) is 25.1 Å². The standard InChI is InChI=1S/C13H18N2O5S/c1-9(12(16)15(2)3)20-13(17)10-7-5-6-8-11(10)14-21(4,18)19/h5-9,14H,1-4H3/t9-/m0/s1. The highest BCUT2D eigenvalue weighted by molar-refractivity contribution is 7.92. The van der Waals surface area contributed by atoms with Crippen molar-refractivity contribution >= 4 is 27.6 Å². The molecule has 21 heavy (non-hydrogen) atoms. The van der Waals surface area contributed by atoms with Gasteiger partial charge < -0.3 is 9.64 Å². The number of anilines is 1. The second kappa shape index (κ2) is 6.57. The van der Waals surface area contributed by atoms with E-state index in [0.717, 1.165) is 6.26 Å². The number of carbonyl (C=O) groups is 2. The van der Waals surface area contributed by atoms with E-state index in [0.29, 0.717) is 0 Å². The van der Waals surface area contributed by atoms with Gasteiger partial charge in [0.25, 0.3) is 5.91 Å². The minimum absolute atomic E-state index is 0.0429. The summed E-state index contributed by atoms with van der Waals surface area (Å²) in [5.74, 6) is -1.14. The van der Waals surface area contributed by atoms with Crippen LogP contribution in [0.25, 0.3) is 0 Å². The Hall–Kier alpha value is -2.09. The average molecular weight is 314 g/mol. The normalized spacial score (nSPS) is 12.4. The van der Waals surface area contributed by atoms with Crippen LogP contribution < -0.4 is 4.72 Å². The van der Waals surface area contributed by atoms with Crippen LogP contribution in [0.3, 0.4) is 0 Å². The van der Waals surface area contributed by atoms with Crippen molar-refractivity contribution in [1.82, 2.24) is 4.90 Å². The number of para-hydroxylation sites is 1. The summed E-state index contributed by atoms with van der Waals surface area (Å²) in [7, 11) is -0.429. The lowest BCUT2D eigenvalue weighted by Crippen LogP contribution is -2.35. The number of nitrogens with zero attached hydrogens (tertiary/aromatic N) is 1. The molecule has 0 bridgehead atoms. The van der Waals surface area contributed by atoms with E-state index in [1.54, 1.807) is 26.2 Å². The molecule has 0 aliphatic heterocycles. The molecule has 0 aromatic heterocycles. The first-order valence-electron chi connectivity index (χ1n) is 6.11. The van der Waals surface area contributed by atoms with Crippen molar-refractivity contribution in [2.45, 2.75) is 13.0 Å². The molecule has 8 heteroatoms. The fourth-order valence-corrected chi connectivity index (χ4v) is 2.17. The van der Waals surface area contributed by atoms with Crippen LogP contribution in [0.5, 0.6) is 0 Å². The van der Waals surface area contributed by atoms with E-state index in [2.05, 4.69) is 4.72 Å². The van der Waals surface area contributed by atoms with Crippen molar-refractivity contribution in [3.8, 4) is 0 Å². The minimum Gasteiger partial charge on any atom is -0.449 e. The molecule has 1 rings (SSSR count). The number of hydrogen-bond donors (Lipinski definition) is 1. The number of sulfonamides is 1. The van der Waals surface area contributed by atoms with E-state index in [1.165, 1.54) is 24.0 Å². The summed E-state index contributed by atoms with van der Waals surface area (Å²) in [5, 5.41) is 0. The highest BCUT2D eigenvalue weighted by Crippen LogP contribution is 2.18. The highest BCUT2D eigenvalue weighted by atomic mass is 32.2. The van der Waals surface area contributed by atoms with Crippen molar-refractivity contribution in [3.63, 3.8) is 0 Å². The Morgan fingerprint density at radius 2 is 1.81 bits per heavy atom. The molecule has 0 radical (unpaired) electrons. The van der Waals surface area contributed by atoms with Crippen molar-refractivity contribution < 1.29 is 22.7 Å². The molecule has 1 aromatic rings. The number of ether oxygens (including phenoxy) is 1. The maximum atomic E-state index is 12.1. The summed E-state index contributed by atoms with van der Waals surface area (Å²) in [6.45, 7) is 1.45. The van der Waals surface area contributed by atoms with Crippen LogP contribution in [0, 0.1) is 0 Å². The Balaban J connectivity index is 2.96. The Morgan fingerprint density at radius 3 is 2.33 bits per heavy atom. The molecule has 0 heterocycles. The van der Waals surface area contributed by atoms with Crippen molar-refractivity contribution in [3.05, 3.63) is 29.8 Å². The molecular weight excluding hydrogens is 296 g/mol. The van der Waals surface area contributed by atoms with Crippen LogP contribution in [-0.2, 0) is 19.6 Å². The van der Waals surface area contributed by atoms with Crippen LogP contribution >= 0.6 is 0 Å². The molecule has 1 atom stereocenters. The van der Waals surface area contributed by atoms with Crippen LogP contribution in [-0.4, -0.2) is 51.6 Å². The van der Waals surface area contributed by atoms with Gasteiger partial charge in [-0.2, -0.15) is 0 Å². The first-order valence-corrected chi connectivity index (χ1v) is 8.00. The van der Waals surface area contributed by atoms with E-state index < -0.39 is 22.1 Å². The van der Waals surface area contributed by atoms with E-state index in [9.17, 15) is 18.0 Å². The summed E-state index contributed by atoms with van der Waals surface area (Å²) in [6.07, 6.45) is 0.0200. The first-order chi connectivity index (χ1) is 9.61. The van der Waals surface area contributed by atoms with E-state index >= 15 is 0 Å². The van der Waals surface area contributed by atoms with Gasteiger partial charge in [-0.15, -0.1) is 0 Å². The fraction of sp³-hybridized carbons (Fsp3) is 0.385. The maximum absolute atomic E-state index is 12.1. The number of carbonyl (C=O) groups excluding carboxylic acids is 2. The first kappa shape index (κ1) is 17.0. The largest absolute Gasteiger partial charge is 0.449 e. The van der Waals surface area contributed by atoms with Gasteiger partial charge in [0.2, 0.25) is 10.0 Å². The molecule has 0 unspecified atom stereocenters. The molecule has 0 aliphatic rings. The molecule has 0 saturated heterocycles. The molecule has 116 valence electrons. The van der Waals surface area contributed by atoms with E-state index in [4.69, 9.17) is 4.74 Å². The van der Waals surface area contributed by atoms with Gasteiger partial charge in [0.1, 0.15) is 0 Å². The second-order valence-corrected chi connectivity index (χ2v) is 6.45. The third kappa shape index (κ3) is 5.07. The monoisotopic (exact) mass is 314 g/mol. The minimum atomic E-state index is -3.52. The summed E-state index contributed by atoms with van der Waals surface area (Å²) >= 11 is 0. The van der Waals surface area contributed by atoms with Crippen LogP contribution in [0.4, 0.5) is 5.69 Å². The molecule has 0 spiro atoms. The summed E-state index contributed by atoms with van der Waals surface area (Å²) in [4.78, 5) is 25.0. The van der Waals surface area contributed by atoms with Gasteiger partial charge in [0.05, 0.1) is 17.5 Å². The van der Waals surface area contributed by atoms with E-state index in [1.807, 2.05) is 0 Å². The molecule has 7 nitrogen and oxygen atoms in total. The number of hydrogen-bond acceptors (Lipinski definition) is 5.